The standard InChI is InChI=1S/C10H16N2O2/c1-6(13)5-9-10(8(3)14)7(2)11-12(9)4/h6,13H,5H2,1-4H3. The second-order valence-corrected chi connectivity index (χ2v) is 3.64. The molecular formula is C10H16N2O2. The van der Waals surface area contributed by atoms with E-state index in [0.29, 0.717) is 12.0 Å². The number of Topliss-reactive ketones (excluding diaryl/α,β-unsaturated/α-hetero) is 1. The minimum Gasteiger partial charge on any atom is -0.393 e. The number of carbonyl (C=O) groups excluding carboxylic acids is 1. The van der Waals surface area contributed by atoms with Crippen molar-refractivity contribution in [2.45, 2.75) is 33.3 Å². The third kappa shape index (κ3) is 2.01. The molecule has 0 aliphatic carbocycles. The predicted octanol–water partition coefficient (Wildman–Crippen LogP) is 0.854. The van der Waals surface area contributed by atoms with Crippen molar-refractivity contribution in [3.05, 3.63) is 17.0 Å². The first-order chi connectivity index (χ1) is 6.43. The van der Waals surface area contributed by atoms with Crippen LogP contribution in [0, 0.1) is 6.92 Å². The van der Waals surface area contributed by atoms with Crippen LogP contribution in [-0.4, -0.2) is 26.8 Å². The van der Waals surface area contributed by atoms with Crippen molar-refractivity contribution in [2.75, 3.05) is 0 Å². The van der Waals surface area contributed by atoms with Gasteiger partial charge in [-0.3, -0.25) is 9.48 Å². The smallest absolute Gasteiger partial charge is 0.163 e. The number of ketones is 1. The van der Waals surface area contributed by atoms with Crippen LogP contribution in [0.2, 0.25) is 0 Å². The Labute approximate surface area is 83.5 Å². The summed E-state index contributed by atoms with van der Waals surface area (Å²) in [7, 11) is 1.79. The summed E-state index contributed by atoms with van der Waals surface area (Å²) >= 11 is 0. The van der Waals surface area contributed by atoms with Crippen molar-refractivity contribution in [3.8, 4) is 0 Å². The molecular weight excluding hydrogens is 180 g/mol. The number of carbonyl (C=O) groups is 1. The number of hydrogen-bond acceptors (Lipinski definition) is 3. The molecule has 0 aliphatic rings. The number of rotatable bonds is 3. The quantitative estimate of drug-likeness (QED) is 0.729. The van der Waals surface area contributed by atoms with Gasteiger partial charge in [0, 0.05) is 13.5 Å². The van der Waals surface area contributed by atoms with Gasteiger partial charge in [-0.25, -0.2) is 0 Å². The van der Waals surface area contributed by atoms with Crippen molar-refractivity contribution >= 4 is 5.78 Å². The van der Waals surface area contributed by atoms with Gasteiger partial charge in [-0.2, -0.15) is 5.10 Å². The van der Waals surface area contributed by atoms with E-state index in [9.17, 15) is 9.90 Å². The summed E-state index contributed by atoms with van der Waals surface area (Å²) in [6.07, 6.45) is 0.00889. The van der Waals surface area contributed by atoms with Gasteiger partial charge >= 0.3 is 0 Å². The molecule has 0 aromatic carbocycles. The highest BCUT2D eigenvalue weighted by molar-refractivity contribution is 5.96. The van der Waals surface area contributed by atoms with E-state index in [1.165, 1.54) is 6.92 Å². The van der Waals surface area contributed by atoms with Gasteiger partial charge < -0.3 is 5.11 Å². The Morgan fingerprint density at radius 3 is 2.64 bits per heavy atom. The molecule has 1 aromatic rings. The molecule has 1 unspecified atom stereocenters. The van der Waals surface area contributed by atoms with E-state index in [1.807, 2.05) is 6.92 Å². The van der Waals surface area contributed by atoms with Gasteiger partial charge in [0.25, 0.3) is 0 Å². The molecule has 0 radical (unpaired) electrons. The van der Waals surface area contributed by atoms with Gasteiger partial charge in [-0.05, 0) is 20.8 Å². The molecule has 0 fully saturated rings. The van der Waals surface area contributed by atoms with E-state index in [1.54, 1.807) is 18.7 Å². The highest BCUT2D eigenvalue weighted by atomic mass is 16.3. The topological polar surface area (TPSA) is 55.1 Å². The number of nitrogens with zero attached hydrogens (tertiary/aromatic N) is 2. The van der Waals surface area contributed by atoms with Gasteiger partial charge in [0.2, 0.25) is 0 Å². The fourth-order valence-electron chi connectivity index (χ4n) is 1.68. The second-order valence-electron chi connectivity index (χ2n) is 3.64. The van der Waals surface area contributed by atoms with Crippen LogP contribution in [0.15, 0.2) is 0 Å². The van der Waals surface area contributed by atoms with Gasteiger partial charge in [0.15, 0.2) is 5.78 Å². The first-order valence-corrected chi connectivity index (χ1v) is 4.65. The van der Waals surface area contributed by atoms with E-state index in [2.05, 4.69) is 5.10 Å². The monoisotopic (exact) mass is 196 g/mol. The molecule has 0 saturated heterocycles. The average molecular weight is 196 g/mol. The van der Waals surface area contributed by atoms with Crippen molar-refractivity contribution in [3.63, 3.8) is 0 Å². The molecule has 0 spiro atoms. The van der Waals surface area contributed by atoms with Crippen LogP contribution < -0.4 is 0 Å². The first kappa shape index (κ1) is 10.9. The van der Waals surface area contributed by atoms with Crippen LogP contribution in [0.1, 0.15) is 35.6 Å². The Kier molecular flexibility index (Phi) is 3.06. The molecule has 0 saturated carbocycles. The number of aliphatic hydroxyl groups excluding tert-OH is 1. The highest BCUT2D eigenvalue weighted by Gasteiger charge is 2.17. The highest BCUT2D eigenvalue weighted by Crippen LogP contribution is 2.15. The zero-order valence-corrected chi connectivity index (χ0v) is 9.03. The lowest BCUT2D eigenvalue weighted by Crippen LogP contribution is -2.12. The Hall–Kier alpha value is -1.16. The fraction of sp³-hybridized carbons (Fsp3) is 0.600. The van der Waals surface area contributed by atoms with Gasteiger partial charge in [0.05, 0.1) is 23.1 Å². The Morgan fingerprint density at radius 1 is 1.64 bits per heavy atom. The molecule has 1 N–H and O–H groups in total. The average Bonchev–Trinajstić information content (AvgIpc) is 2.25. The van der Waals surface area contributed by atoms with Crippen LogP contribution in [0.25, 0.3) is 0 Å². The zero-order chi connectivity index (χ0) is 10.9. The normalized spacial score (nSPS) is 12.9. The number of hydrogen-bond donors (Lipinski definition) is 1. The molecule has 4 nitrogen and oxygen atoms in total. The van der Waals surface area contributed by atoms with Crippen molar-refractivity contribution in [1.82, 2.24) is 9.78 Å². The van der Waals surface area contributed by atoms with Crippen LogP contribution in [-0.2, 0) is 13.5 Å². The molecule has 0 bridgehead atoms. The number of aryl methyl sites for hydroxylation is 2. The number of aromatic nitrogens is 2. The van der Waals surface area contributed by atoms with Crippen molar-refractivity contribution in [1.29, 1.82) is 0 Å². The molecule has 4 heteroatoms. The summed E-state index contributed by atoms with van der Waals surface area (Å²) in [4.78, 5) is 11.3. The van der Waals surface area contributed by atoms with Crippen molar-refractivity contribution in [2.24, 2.45) is 7.05 Å². The molecule has 1 atom stereocenters. The van der Waals surface area contributed by atoms with Gasteiger partial charge in [-0.15, -0.1) is 0 Å². The maximum Gasteiger partial charge on any atom is 0.163 e. The van der Waals surface area contributed by atoms with Crippen LogP contribution in [0.3, 0.4) is 0 Å². The van der Waals surface area contributed by atoms with E-state index < -0.39 is 6.10 Å². The molecule has 1 aromatic heterocycles. The lowest BCUT2D eigenvalue weighted by atomic mass is 10.1. The van der Waals surface area contributed by atoms with E-state index in [0.717, 1.165) is 11.4 Å². The summed E-state index contributed by atoms with van der Waals surface area (Å²) in [5, 5.41) is 13.5. The largest absolute Gasteiger partial charge is 0.393 e. The fourth-order valence-corrected chi connectivity index (χ4v) is 1.68. The maximum atomic E-state index is 11.3. The minimum absolute atomic E-state index is 0.00579. The van der Waals surface area contributed by atoms with E-state index >= 15 is 0 Å². The summed E-state index contributed by atoms with van der Waals surface area (Å²) in [6, 6.07) is 0. The third-order valence-corrected chi connectivity index (χ3v) is 2.18. The first-order valence-electron chi connectivity index (χ1n) is 4.65. The zero-order valence-electron chi connectivity index (χ0n) is 9.03. The van der Waals surface area contributed by atoms with E-state index in [4.69, 9.17) is 0 Å². The number of aliphatic hydroxyl groups is 1. The summed E-state index contributed by atoms with van der Waals surface area (Å²) in [5.41, 5.74) is 2.19. The minimum atomic E-state index is -0.456. The summed E-state index contributed by atoms with van der Waals surface area (Å²) in [6.45, 7) is 5.03. The third-order valence-electron chi connectivity index (χ3n) is 2.18. The van der Waals surface area contributed by atoms with Crippen molar-refractivity contribution < 1.29 is 9.90 Å². The Morgan fingerprint density at radius 2 is 2.21 bits per heavy atom. The summed E-state index contributed by atoms with van der Waals surface area (Å²) in [5.74, 6) is 0.00579. The maximum absolute atomic E-state index is 11.3. The Balaban J connectivity index is 3.18. The lowest BCUT2D eigenvalue weighted by molar-refractivity contribution is 0.101. The van der Waals surface area contributed by atoms with Gasteiger partial charge in [0.1, 0.15) is 0 Å². The van der Waals surface area contributed by atoms with Gasteiger partial charge in [-0.1, -0.05) is 0 Å². The summed E-state index contributed by atoms with van der Waals surface area (Å²) < 4.78 is 1.67. The molecule has 78 valence electrons. The van der Waals surface area contributed by atoms with E-state index in [-0.39, 0.29) is 5.78 Å². The van der Waals surface area contributed by atoms with Crippen LogP contribution in [0.5, 0.6) is 0 Å². The molecule has 0 aliphatic heterocycles. The Bertz CT molecular complexity index is 353. The van der Waals surface area contributed by atoms with Crippen LogP contribution in [0.4, 0.5) is 0 Å². The SMILES string of the molecule is CC(=O)c1c(C)nn(C)c1CC(C)O. The lowest BCUT2D eigenvalue weighted by Gasteiger charge is -2.06. The molecule has 1 heterocycles. The second kappa shape index (κ2) is 3.92. The molecule has 0 amide bonds. The van der Waals surface area contributed by atoms with Crippen LogP contribution >= 0.6 is 0 Å². The molecule has 1 rings (SSSR count). The predicted molar refractivity (Wildman–Crippen MR) is 53.3 cm³/mol. The molecule has 14 heavy (non-hydrogen) atoms.